The number of carbonyl (C=O) groups is 1. The van der Waals surface area contributed by atoms with Gasteiger partial charge in [-0.2, -0.15) is 0 Å². The number of halogens is 1. The molecule has 0 radical (unpaired) electrons. The fraction of sp³-hybridized carbons (Fsp3) is 0.500. The van der Waals surface area contributed by atoms with Crippen molar-refractivity contribution >= 4 is 5.91 Å². The molecule has 1 aromatic rings. The van der Waals surface area contributed by atoms with Crippen molar-refractivity contribution in [2.45, 2.75) is 32.0 Å². The summed E-state index contributed by atoms with van der Waals surface area (Å²) >= 11 is 0. The van der Waals surface area contributed by atoms with Gasteiger partial charge in [0.25, 0.3) is 0 Å². The molecule has 98 valence electrons. The van der Waals surface area contributed by atoms with Crippen molar-refractivity contribution in [3.63, 3.8) is 0 Å². The molecule has 0 aromatic heterocycles. The van der Waals surface area contributed by atoms with Gasteiger partial charge in [-0.15, -0.1) is 0 Å². The van der Waals surface area contributed by atoms with Crippen LogP contribution in [0.15, 0.2) is 24.3 Å². The molecule has 1 heterocycles. The molecule has 1 aliphatic rings. The number of alkyl halides is 1. The Morgan fingerprint density at radius 3 is 2.94 bits per heavy atom. The van der Waals surface area contributed by atoms with E-state index in [0.29, 0.717) is 6.54 Å². The summed E-state index contributed by atoms with van der Waals surface area (Å²) in [5.74, 6) is -0.0938. The predicted octanol–water partition coefficient (Wildman–Crippen LogP) is 1.35. The second-order valence-corrected chi connectivity index (χ2v) is 4.76. The highest BCUT2D eigenvalue weighted by Crippen LogP contribution is 2.10. The minimum absolute atomic E-state index is 0.0938. The predicted molar refractivity (Wildman–Crippen MR) is 69.2 cm³/mol. The van der Waals surface area contributed by atoms with E-state index in [1.54, 1.807) is 0 Å². The SMILES string of the molecule is Cc1ccccc1CCNC(=O)[C@H]1C[C@H](F)CN1. The van der Waals surface area contributed by atoms with Gasteiger partial charge in [0.2, 0.25) is 5.91 Å². The summed E-state index contributed by atoms with van der Waals surface area (Å²) in [7, 11) is 0. The third-order valence-corrected chi connectivity index (χ3v) is 3.35. The molecule has 0 bridgehead atoms. The van der Waals surface area contributed by atoms with Gasteiger partial charge < -0.3 is 10.6 Å². The summed E-state index contributed by atoms with van der Waals surface area (Å²) in [4.78, 5) is 11.7. The summed E-state index contributed by atoms with van der Waals surface area (Å²) in [6.07, 6.45) is 0.206. The zero-order chi connectivity index (χ0) is 13.0. The van der Waals surface area contributed by atoms with Crippen molar-refractivity contribution in [2.24, 2.45) is 0 Å². The van der Waals surface area contributed by atoms with Gasteiger partial charge in [-0.25, -0.2) is 4.39 Å². The van der Waals surface area contributed by atoms with E-state index in [2.05, 4.69) is 29.7 Å². The van der Waals surface area contributed by atoms with Gasteiger partial charge in [0.05, 0.1) is 6.04 Å². The lowest BCUT2D eigenvalue weighted by Gasteiger charge is -2.11. The van der Waals surface area contributed by atoms with Gasteiger partial charge >= 0.3 is 0 Å². The topological polar surface area (TPSA) is 41.1 Å². The molecule has 1 fully saturated rings. The van der Waals surface area contributed by atoms with Crippen LogP contribution in [0, 0.1) is 6.92 Å². The number of amides is 1. The Hall–Kier alpha value is -1.42. The molecule has 2 atom stereocenters. The van der Waals surface area contributed by atoms with Crippen LogP contribution in [0.2, 0.25) is 0 Å². The van der Waals surface area contributed by atoms with Gasteiger partial charge in [-0.05, 0) is 24.5 Å². The molecule has 1 saturated heterocycles. The summed E-state index contributed by atoms with van der Waals surface area (Å²) in [6.45, 7) is 2.94. The molecule has 4 heteroatoms. The minimum Gasteiger partial charge on any atom is -0.354 e. The maximum absolute atomic E-state index is 12.9. The van der Waals surface area contributed by atoms with E-state index in [-0.39, 0.29) is 24.9 Å². The van der Waals surface area contributed by atoms with Crippen LogP contribution in [0.3, 0.4) is 0 Å². The Balaban J connectivity index is 1.75. The van der Waals surface area contributed by atoms with E-state index in [0.717, 1.165) is 6.42 Å². The number of aryl methyl sites for hydroxylation is 1. The largest absolute Gasteiger partial charge is 0.354 e. The molecule has 2 N–H and O–H groups in total. The van der Waals surface area contributed by atoms with Crippen molar-refractivity contribution in [1.82, 2.24) is 10.6 Å². The fourth-order valence-corrected chi connectivity index (χ4v) is 2.23. The maximum atomic E-state index is 12.9. The second-order valence-electron chi connectivity index (χ2n) is 4.76. The van der Waals surface area contributed by atoms with Crippen LogP contribution < -0.4 is 10.6 Å². The first-order valence-electron chi connectivity index (χ1n) is 6.36. The van der Waals surface area contributed by atoms with Crippen LogP contribution in [-0.4, -0.2) is 31.2 Å². The van der Waals surface area contributed by atoms with Crippen molar-refractivity contribution < 1.29 is 9.18 Å². The van der Waals surface area contributed by atoms with E-state index in [9.17, 15) is 9.18 Å². The number of carbonyl (C=O) groups excluding carboxylic acids is 1. The highest BCUT2D eigenvalue weighted by Gasteiger charge is 2.28. The quantitative estimate of drug-likeness (QED) is 0.847. The lowest BCUT2D eigenvalue weighted by Crippen LogP contribution is -2.41. The fourth-order valence-electron chi connectivity index (χ4n) is 2.23. The average molecular weight is 250 g/mol. The van der Waals surface area contributed by atoms with Crippen molar-refractivity contribution in [2.75, 3.05) is 13.1 Å². The smallest absolute Gasteiger partial charge is 0.237 e. The normalized spacial score (nSPS) is 23.0. The van der Waals surface area contributed by atoms with Crippen LogP contribution >= 0.6 is 0 Å². The molecule has 0 spiro atoms. The average Bonchev–Trinajstić information content (AvgIpc) is 2.78. The van der Waals surface area contributed by atoms with E-state index >= 15 is 0 Å². The van der Waals surface area contributed by atoms with Crippen LogP contribution in [0.4, 0.5) is 4.39 Å². The number of hydrogen-bond donors (Lipinski definition) is 2. The van der Waals surface area contributed by atoms with Crippen LogP contribution in [0.25, 0.3) is 0 Å². The Labute approximate surface area is 107 Å². The van der Waals surface area contributed by atoms with Crippen molar-refractivity contribution in [3.8, 4) is 0 Å². The van der Waals surface area contributed by atoms with E-state index in [1.165, 1.54) is 11.1 Å². The van der Waals surface area contributed by atoms with Crippen LogP contribution in [-0.2, 0) is 11.2 Å². The molecule has 0 unspecified atom stereocenters. The van der Waals surface area contributed by atoms with Gasteiger partial charge in [0.15, 0.2) is 0 Å². The Morgan fingerprint density at radius 1 is 1.50 bits per heavy atom. The lowest BCUT2D eigenvalue weighted by atomic mass is 10.1. The second kappa shape index (κ2) is 5.96. The third-order valence-electron chi connectivity index (χ3n) is 3.35. The summed E-state index contributed by atoms with van der Waals surface area (Å²) in [6, 6.07) is 7.75. The zero-order valence-corrected chi connectivity index (χ0v) is 10.6. The highest BCUT2D eigenvalue weighted by atomic mass is 19.1. The highest BCUT2D eigenvalue weighted by molar-refractivity contribution is 5.82. The first-order chi connectivity index (χ1) is 8.66. The Kier molecular flexibility index (Phi) is 4.31. The van der Waals surface area contributed by atoms with E-state index in [4.69, 9.17) is 0 Å². The zero-order valence-electron chi connectivity index (χ0n) is 10.6. The first kappa shape index (κ1) is 13.0. The van der Waals surface area contributed by atoms with E-state index in [1.807, 2.05) is 12.1 Å². The maximum Gasteiger partial charge on any atom is 0.237 e. The monoisotopic (exact) mass is 250 g/mol. The van der Waals surface area contributed by atoms with Crippen molar-refractivity contribution in [3.05, 3.63) is 35.4 Å². The Morgan fingerprint density at radius 2 is 2.28 bits per heavy atom. The minimum atomic E-state index is -0.892. The van der Waals surface area contributed by atoms with Crippen molar-refractivity contribution in [1.29, 1.82) is 0 Å². The summed E-state index contributed by atoms with van der Waals surface area (Å²) < 4.78 is 12.9. The molecule has 0 aliphatic carbocycles. The van der Waals surface area contributed by atoms with Gasteiger partial charge in [0, 0.05) is 19.5 Å². The standard InChI is InChI=1S/C14H19FN2O/c1-10-4-2-3-5-11(10)6-7-16-14(18)13-8-12(15)9-17-13/h2-5,12-13,17H,6-9H2,1H3,(H,16,18)/t12-,13+/m0/s1. The van der Waals surface area contributed by atoms with Crippen LogP contribution in [0.5, 0.6) is 0 Å². The van der Waals surface area contributed by atoms with Gasteiger partial charge in [-0.1, -0.05) is 24.3 Å². The first-order valence-corrected chi connectivity index (χ1v) is 6.36. The molecular formula is C14H19FN2O. The Bertz CT molecular complexity index is 422. The third kappa shape index (κ3) is 3.29. The molecule has 1 amide bonds. The number of benzene rings is 1. The van der Waals surface area contributed by atoms with E-state index < -0.39 is 6.17 Å². The number of nitrogens with one attached hydrogen (secondary N) is 2. The van der Waals surface area contributed by atoms with Gasteiger partial charge in [-0.3, -0.25) is 4.79 Å². The van der Waals surface area contributed by atoms with Crippen LogP contribution in [0.1, 0.15) is 17.5 Å². The number of hydrogen-bond acceptors (Lipinski definition) is 2. The molecule has 0 saturated carbocycles. The molecule has 3 nitrogen and oxygen atoms in total. The molecule has 2 rings (SSSR count). The van der Waals surface area contributed by atoms with Gasteiger partial charge in [0.1, 0.15) is 6.17 Å². The number of rotatable bonds is 4. The lowest BCUT2D eigenvalue weighted by molar-refractivity contribution is -0.122. The molecule has 1 aliphatic heterocycles. The summed E-state index contributed by atoms with van der Waals surface area (Å²) in [5, 5.41) is 5.73. The summed E-state index contributed by atoms with van der Waals surface area (Å²) in [5.41, 5.74) is 2.47. The molecule has 1 aromatic carbocycles. The molecule has 18 heavy (non-hydrogen) atoms. The molecular weight excluding hydrogens is 231 g/mol.